The number of sulfone groups is 1. The van der Waals surface area contributed by atoms with Crippen LogP contribution in [-0.2, 0) is 14.6 Å². The largest absolute Gasteiger partial charge is 0.490 e. The number of alkyl halides is 3. The third-order valence-electron chi connectivity index (χ3n) is 1.96. The van der Waals surface area contributed by atoms with E-state index in [9.17, 15) is 21.6 Å². The molecule has 1 rings (SSSR count). The van der Waals surface area contributed by atoms with E-state index in [-0.39, 0.29) is 6.04 Å². The second-order valence-corrected chi connectivity index (χ2v) is 5.81. The van der Waals surface area contributed by atoms with Crippen LogP contribution in [0, 0.1) is 5.92 Å². The highest BCUT2D eigenvalue weighted by atomic mass is 32.2. The van der Waals surface area contributed by atoms with Crippen LogP contribution in [0.25, 0.3) is 0 Å². The highest BCUT2D eigenvalue weighted by Gasteiger charge is 2.38. The average molecular weight is 289 g/mol. The van der Waals surface area contributed by atoms with Gasteiger partial charge in [0.2, 0.25) is 0 Å². The first-order chi connectivity index (χ1) is 7.93. The number of nitrogens with two attached hydrogens (primary N) is 1. The summed E-state index contributed by atoms with van der Waals surface area (Å²) in [6, 6.07) is -0.0651. The van der Waals surface area contributed by atoms with Crippen LogP contribution in [0.2, 0.25) is 0 Å². The molecule has 0 aromatic heterocycles. The fourth-order valence-corrected chi connectivity index (χ4v) is 1.34. The number of carbonyl (C=O) groups is 1. The summed E-state index contributed by atoms with van der Waals surface area (Å²) in [5.41, 5.74) is 5.63. The second-order valence-electron chi connectivity index (χ2n) is 3.88. The van der Waals surface area contributed by atoms with Crippen LogP contribution in [0.15, 0.2) is 11.5 Å². The minimum absolute atomic E-state index is 0.0651. The van der Waals surface area contributed by atoms with Gasteiger partial charge in [-0.1, -0.05) is 6.08 Å². The molecule has 18 heavy (non-hydrogen) atoms. The molecule has 0 aromatic rings. The molecule has 1 saturated carbocycles. The number of halogens is 3. The molecule has 0 spiro atoms. The minimum Gasteiger partial charge on any atom is -0.475 e. The van der Waals surface area contributed by atoms with Crippen molar-refractivity contribution in [2.24, 2.45) is 11.7 Å². The molecule has 0 aliphatic heterocycles. The molecule has 0 bridgehead atoms. The van der Waals surface area contributed by atoms with Gasteiger partial charge in [-0.15, -0.1) is 0 Å². The van der Waals surface area contributed by atoms with Gasteiger partial charge in [-0.25, -0.2) is 13.2 Å². The molecule has 0 radical (unpaired) electrons. The van der Waals surface area contributed by atoms with Crippen molar-refractivity contribution < 1.29 is 31.5 Å². The van der Waals surface area contributed by atoms with Crippen LogP contribution < -0.4 is 5.73 Å². The smallest absolute Gasteiger partial charge is 0.475 e. The quantitative estimate of drug-likeness (QED) is 0.805. The molecule has 3 N–H and O–H groups in total. The predicted octanol–water partition coefficient (Wildman–Crippen LogP) is 0.915. The van der Waals surface area contributed by atoms with Crippen molar-refractivity contribution in [3.8, 4) is 0 Å². The highest BCUT2D eigenvalue weighted by Crippen LogP contribution is 2.31. The number of carboxylic acid groups (broad SMARTS) is 1. The van der Waals surface area contributed by atoms with Crippen molar-refractivity contribution in [1.82, 2.24) is 0 Å². The normalized spacial score (nSPS) is 18.1. The second kappa shape index (κ2) is 6.19. The molecule has 0 saturated heterocycles. The Hall–Kier alpha value is -1.09. The Kier molecular flexibility index (Phi) is 5.81. The summed E-state index contributed by atoms with van der Waals surface area (Å²) < 4.78 is 53.0. The summed E-state index contributed by atoms with van der Waals surface area (Å²) in [5.74, 6) is -2.24. The molecular weight excluding hydrogens is 275 g/mol. The summed E-state index contributed by atoms with van der Waals surface area (Å²) in [7, 11) is -2.99. The lowest BCUT2D eigenvalue weighted by Crippen LogP contribution is -2.21. The molecule has 0 heterocycles. The third kappa shape index (κ3) is 8.99. The Balaban J connectivity index is 0.000000360. The Morgan fingerprint density at radius 3 is 2.06 bits per heavy atom. The number of hydrogen-bond acceptors (Lipinski definition) is 4. The van der Waals surface area contributed by atoms with Crippen molar-refractivity contribution >= 4 is 15.8 Å². The highest BCUT2D eigenvalue weighted by molar-refractivity contribution is 7.93. The number of aliphatic carboxylic acids is 1. The van der Waals surface area contributed by atoms with Gasteiger partial charge < -0.3 is 10.8 Å². The first kappa shape index (κ1) is 16.9. The summed E-state index contributed by atoms with van der Waals surface area (Å²) in [4.78, 5) is 8.90. The lowest BCUT2D eigenvalue weighted by Gasteiger charge is -2.00. The van der Waals surface area contributed by atoms with E-state index in [4.69, 9.17) is 15.6 Å². The van der Waals surface area contributed by atoms with Gasteiger partial charge >= 0.3 is 12.1 Å². The number of hydrogen-bond donors (Lipinski definition) is 2. The van der Waals surface area contributed by atoms with Crippen molar-refractivity contribution in [2.75, 3.05) is 6.26 Å². The standard InChI is InChI=1S/C7H13NO2S.C2HF3O2/c1-11(9,10)5-4-7(8)6-2-3-6;3-2(4,5)1(6)7/h4-7H,2-3,8H2,1H3;(H,6,7)/b5-4+;. The van der Waals surface area contributed by atoms with E-state index in [0.29, 0.717) is 5.92 Å². The van der Waals surface area contributed by atoms with Crippen LogP contribution in [0.1, 0.15) is 12.8 Å². The molecule has 0 amide bonds. The lowest BCUT2D eigenvalue weighted by molar-refractivity contribution is -0.192. The Labute approximate surface area is 102 Å². The van der Waals surface area contributed by atoms with Gasteiger partial charge in [-0.2, -0.15) is 13.2 Å². The molecule has 0 aromatic carbocycles. The van der Waals surface area contributed by atoms with Gasteiger partial charge in [-0.05, 0) is 18.8 Å². The van der Waals surface area contributed by atoms with Crippen LogP contribution in [0.4, 0.5) is 13.2 Å². The van der Waals surface area contributed by atoms with Crippen molar-refractivity contribution in [2.45, 2.75) is 25.1 Å². The van der Waals surface area contributed by atoms with E-state index in [1.54, 1.807) is 6.08 Å². The van der Waals surface area contributed by atoms with E-state index in [1.807, 2.05) is 0 Å². The van der Waals surface area contributed by atoms with E-state index >= 15 is 0 Å². The molecule has 1 fully saturated rings. The van der Waals surface area contributed by atoms with Gasteiger partial charge in [0.05, 0.1) is 0 Å². The zero-order valence-corrected chi connectivity index (χ0v) is 10.3. The van der Waals surface area contributed by atoms with Gasteiger partial charge in [0.1, 0.15) is 0 Å². The molecule has 1 aliphatic carbocycles. The van der Waals surface area contributed by atoms with Gasteiger partial charge in [0, 0.05) is 17.7 Å². The molecular formula is C9H14F3NO4S. The van der Waals surface area contributed by atoms with E-state index < -0.39 is 22.0 Å². The first-order valence-corrected chi connectivity index (χ1v) is 6.83. The Morgan fingerprint density at radius 2 is 1.83 bits per heavy atom. The maximum absolute atomic E-state index is 10.6. The third-order valence-corrected chi connectivity index (χ3v) is 2.61. The van der Waals surface area contributed by atoms with E-state index in [1.165, 1.54) is 11.7 Å². The zero-order chi connectivity index (χ0) is 14.6. The van der Waals surface area contributed by atoms with Gasteiger partial charge in [0.25, 0.3) is 0 Å². The number of carboxylic acids is 1. The molecule has 106 valence electrons. The van der Waals surface area contributed by atoms with Crippen molar-refractivity contribution in [1.29, 1.82) is 0 Å². The minimum atomic E-state index is -5.08. The molecule has 5 nitrogen and oxygen atoms in total. The molecule has 1 unspecified atom stereocenters. The first-order valence-electron chi connectivity index (χ1n) is 4.87. The van der Waals surface area contributed by atoms with Crippen LogP contribution in [0.3, 0.4) is 0 Å². The Bertz CT molecular complexity index is 412. The van der Waals surface area contributed by atoms with Gasteiger partial charge in [0.15, 0.2) is 9.84 Å². The summed E-state index contributed by atoms with van der Waals surface area (Å²) in [6.45, 7) is 0. The van der Waals surface area contributed by atoms with Gasteiger partial charge in [-0.3, -0.25) is 0 Å². The van der Waals surface area contributed by atoms with E-state index in [0.717, 1.165) is 12.8 Å². The predicted molar refractivity (Wildman–Crippen MR) is 58.4 cm³/mol. The summed E-state index contributed by atoms with van der Waals surface area (Å²) >= 11 is 0. The fourth-order valence-electron chi connectivity index (χ4n) is 0.872. The lowest BCUT2D eigenvalue weighted by atomic mass is 10.2. The van der Waals surface area contributed by atoms with Crippen LogP contribution >= 0.6 is 0 Å². The SMILES string of the molecule is CS(=O)(=O)/C=C/C(N)C1CC1.O=C(O)C(F)(F)F. The maximum atomic E-state index is 10.6. The van der Waals surface area contributed by atoms with E-state index in [2.05, 4.69) is 0 Å². The van der Waals surface area contributed by atoms with Crippen molar-refractivity contribution in [3.05, 3.63) is 11.5 Å². The van der Waals surface area contributed by atoms with Crippen LogP contribution in [-0.4, -0.2) is 38.0 Å². The molecule has 9 heteroatoms. The molecule has 1 aliphatic rings. The maximum Gasteiger partial charge on any atom is 0.490 e. The topological polar surface area (TPSA) is 97.5 Å². The number of rotatable bonds is 3. The fraction of sp³-hybridized carbons (Fsp3) is 0.667. The molecule has 1 atom stereocenters. The summed E-state index contributed by atoms with van der Waals surface area (Å²) in [6.07, 6.45) is -0.0688. The van der Waals surface area contributed by atoms with Crippen molar-refractivity contribution in [3.63, 3.8) is 0 Å². The van der Waals surface area contributed by atoms with Crippen LogP contribution in [0.5, 0.6) is 0 Å². The monoisotopic (exact) mass is 289 g/mol. The zero-order valence-electron chi connectivity index (χ0n) is 9.52. The summed E-state index contributed by atoms with van der Waals surface area (Å²) in [5, 5.41) is 8.32. The average Bonchev–Trinajstić information content (AvgIpc) is 2.95. The Morgan fingerprint density at radius 1 is 1.44 bits per heavy atom.